The molecule has 16 heteroatoms. The zero-order chi connectivity index (χ0) is 32.6. The minimum Gasteiger partial charge on any atom is -0.377 e. The van der Waals surface area contributed by atoms with Crippen LogP contribution in [0.4, 0.5) is 24.8 Å². The molecule has 0 aliphatic carbocycles. The van der Waals surface area contributed by atoms with Crippen LogP contribution in [-0.4, -0.2) is 60.0 Å². The molecule has 0 radical (unpaired) electrons. The van der Waals surface area contributed by atoms with Crippen molar-refractivity contribution < 1.29 is 22.2 Å². The summed E-state index contributed by atoms with van der Waals surface area (Å²) in [5.74, 6) is -0.331. The predicted octanol–water partition coefficient (Wildman–Crippen LogP) is 4.63. The number of pyridine rings is 1. The third-order valence-electron chi connectivity index (χ3n) is 7.76. The number of rotatable bonds is 8. The fourth-order valence-electron chi connectivity index (χ4n) is 5.74. The Labute approximate surface area is 264 Å². The first-order valence-corrected chi connectivity index (χ1v) is 16.1. The number of amides is 1. The summed E-state index contributed by atoms with van der Waals surface area (Å²) in [5, 5.41) is 7.66. The molecule has 1 aliphatic heterocycles. The van der Waals surface area contributed by atoms with Crippen molar-refractivity contribution in [3.05, 3.63) is 74.6 Å². The average molecular weight is 665 g/mol. The molecule has 240 valence electrons. The van der Waals surface area contributed by atoms with Gasteiger partial charge in [0.2, 0.25) is 5.95 Å². The number of nitrogens with one attached hydrogen (secondary N) is 2. The molecule has 1 fully saturated rings. The van der Waals surface area contributed by atoms with Crippen molar-refractivity contribution in [1.82, 2.24) is 29.0 Å². The van der Waals surface area contributed by atoms with Crippen molar-refractivity contribution in [2.24, 2.45) is 7.05 Å². The summed E-state index contributed by atoms with van der Waals surface area (Å²) >= 11 is 6.05. The summed E-state index contributed by atoms with van der Waals surface area (Å²) in [4.78, 5) is 37.4. The van der Waals surface area contributed by atoms with Gasteiger partial charge in [-0.05, 0) is 56.5 Å². The molecule has 2 atom stereocenters. The highest BCUT2D eigenvalue weighted by atomic mass is 35.5. The van der Waals surface area contributed by atoms with Gasteiger partial charge in [0.05, 0.1) is 22.6 Å². The molecule has 2 N–H and O–H groups in total. The summed E-state index contributed by atoms with van der Waals surface area (Å²) in [6.07, 6.45) is -0.530. The summed E-state index contributed by atoms with van der Waals surface area (Å²) in [7, 11) is 0.0332. The third-order valence-corrected chi connectivity index (χ3v) is 8.44. The molecular formula is C29H32ClF3N8O3S. The number of piperidine rings is 1. The molecule has 4 aromatic rings. The molecule has 1 amide bonds. The molecule has 3 aromatic heterocycles. The highest BCUT2D eigenvalue weighted by Gasteiger charge is 2.32. The van der Waals surface area contributed by atoms with Crippen LogP contribution in [0.25, 0.3) is 10.9 Å². The Morgan fingerprint density at radius 1 is 1.18 bits per heavy atom. The molecule has 2 unspecified atom stereocenters. The second kappa shape index (κ2) is 12.8. The van der Waals surface area contributed by atoms with E-state index in [1.54, 1.807) is 25.2 Å². The van der Waals surface area contributed by atoms with Crippen LogP contribution in [0.3, 0.4) is 0 Å². The number of aromatic nitrogens is 5. The molecule has 1 aromatic carbocycles. The lowest BCUT2D eigenvalue weighted by Crippen LogP contribution is -2.38. The molecule has 45 heavy (non-hydrogen) atoms. The normalized spacial score (nSPS) is 15.7. The molecule has 1 aliphatic rings. The Kier molecular flexibility index (Phi) is 9.21. The first-order chi connectivity index (χ1) is 21.2. The number of anilines is 2. The van der Waals surface area contributed by atoms with Crippen molar-refractivity contribution in [2.75, 3.05) is 29.6 Å². The highest BCUT2D eigenvalue weighted by molar-refractivity contribution is 7.82. The summed E-state index contributed by atoms with van der Waals surface area (Å²) in [6.45, 7) is 3.56. The van der Waals surface area contributed by atoms with E-state index in [9.17, 15) is 27.0 Å². The van der Waals surface area contributed by atoms with E-state index in [4.69, 9.17) is 16.6 Å². The standard InChI is InChI=1S/C29H32ClF3N8O3S/c1-16-13-19(17(2)35-21-5-6-23(30)36-25(21)26(42)38-45(4)44)24-20(14-16)27(43)39(3)28(37-24)40-11-8-18(9-12-40)22-7-10-34-41(22)15-29(31,32)33/h5-7,10,13-14,17-18,35H,8-9,11-12,15H2,1-4H3,(H,38,42). The fourth-order valence-corrected chi connectivity index (χ4v) is 6.24. The topological polar surface area (TPSA) is 127 Å². The van der Waals surface area contributed by atoms with Crippen molar-refractivity contribution in [1.29, 1.82) is 0 Å². The maximum absolute atomic E-state index is 13.6. The molecule has 1 saturated heterocycles. The number of hydrogen-bond acceptors (Lipinski definition) is 8. The monoisotopic (exact) mass is 664 g/mol. The number of carbonyl (C=O) groups excluding carboxylic acids is 1. The smallest absolute Gasteiger partial charge is 0.377 e. The second-order valence-electron chi connectivity index (χ2n) is 11.1. The molecule has 11 nitrogen and oxygen atoms in total. The van der Waals surface area contributed by atoms with Crippen LogP contribution >= 0.6 is 11.6 Å². The van der Waals surface area contributed by atoms with Gasteiger partial charge in [-0.2, -0.15) is 18.3 Å². The van der Waals surface area contributed by atoms with Crippen LogP contribution in [0.1, 0.15) is 59.0 Å². The van der Waals surface area contributed by atoms with Crippen LogP contribution in [0, 0.1) is 6.92 Å². The van der Waals surface area contributed by atoms with Crippen LogP contribution in [0.5, 0.6) is 0 Å². The van der Waals surface area contributed by atoms with Gasteiger partial charge in [-0.3, -0.25) is 23.6 Å². The van der Waals surface area contributed by atoms with E-state index < -0.39 is 35.7 Å². The number of alkyl halides is 3. The lowest BCUT2D eigenvalue weighted by Gasteiger charge is -2.34. The van der Waals surface area contributed by atoms with Gasteiger partial charge in [0.1, 0.15) is 22.7 Å². The molecule has 0 bridgehead atoms. The summed E-state index contributed by atoms with van der Waals surface area (Å²) < 4.78 is 55.6. The van der Waals surface area contributed by atoms with E-state index in [-0.39, 0.29) is 22.3 Å². The van der Waals surface area contributed by atoms with Gasteiger partial charge in [0.25, 0.3) is 11.5 Å². The minimum atomic E-state index is -4.37. The first kappa shape index (κ1) is 32.4. The maximum Gasteiger partial charge on any atom is 0.408 e. The van der Waals surface area contributed by atoms with Gasteiger partial charge in [-0.25, -0.2) is 14.2 Å². The first-order valence-electron chi connectivity index (χ1n) is 14.1. The minimum absolute atomic E-state index is 0.0366. The number of nitrogens with zero attached hydrogens (tertiary/aromatic N) is 6. The van der Waals surface area contributed by atoms with Gasteiger partial charge >= 0.3 is 6.18 Å². The molecule has 4 heterocycles. The molecular weight excluding hydrogens is 633 g/mol. The van der Waals surface area contributed by atoms with Crippen molar-refractivity contribution >= 4 is 51.0 Å². The molecule has 5 rings (SSSR count). The Morgan fingerprint density at radius 3 is 2.56 bits per heavy atom. The third kappa shape index (κ3) is 7.14. The lowest BCUT2D eigenvalue weighted by atomic mass is 9.93. The SMILES string of the molecule is Cc1cc(C(C)Nc2ccc(Cl)nc2C(=O)NS(C)=O)c2nc(N3CCC(c4ccnn4CC(F)(F)F)CC3)n(C)c(=O)c2c1. The highest BCUT2D eigenvalue weighted by Crippen LogP contribution is 2.33. The van der Waals surface area contributed by atoms with E-state index in [1.165, 1.54) is 23.1 Å². The summed E-state index contributed by atoms with van der Waals surface area (Å²) in [6, 6.07) is 7.98. The molecule has 0 spiro atoms. The van der Waals surface area contributed by atoms with E-state index in [2.05, 4.69) is 20.1 Å². The Hall–Kier alpha value is -3.98. The van der Waals surface area contributed by atoms with Crippen LogP contribution in [-0.2, 0) is 24.6 Å². The Balaban J connectivity index is 1.45. The number of benzene rings is 1. The van der Waals surface area contributed by atoms with Gasteiger partial charge in [-0.15, -0.1) is 0 Å². The number of fused-ring (bicyclic) bond motifs is 1. The molecule has 0 saturated carbocycles. The largest absolute Gasteiger partial charge is 0.408 e. The summed E-state index contributed by atoms with van der Waals surface area (Å²) in [5.41, 5.74) is 2.63. The lowest BCUT2D eigenvalue weighted by molar-refractivity contribution is -0.143. The second-order valence-corrected chi connectivity index (χ2v) is 12.6. The van der Waals surface area contributed by atoms with E-state index in [0.717, 1.165) is 10.2 Å². The van der Waals surface area contributed by atoms with Gasteiger partial charge in [0.15, 0.2) is 5.69 Å². The van der Waals surface area contributed by atoms with Gasteiger partial charge in [-0.1, -0.05) is 17.7 Å². The average Bonchev–Trinajstić information content (AvgIpc) is 3.42. The zero-order valence-corrected chi connectivity index (χ0v) is 26.6. The van der Waals surface area contributed by atoms with Crippen molar-refractivity contribution in [3.63, 3.8) is 0 Å². The van der Waals surface area contributed by atoms with Crippen molar-refractivity contribution in [2.45, 2.75) is 51.4 Å². The zero-order valence-electron chi connectivity index (χ0n) is 25.0. The van der Waals surface area contributed by atoms with E-state index in [0.29, 0.717) is 59.7 Å². The van der Waals surface area contributed by atoms with Gasteiger partial charge in [0, 0.05) is 49.8 Å². The van der Waals surface area contributed by atoms with Crippen molar-refractivity contribution in [3.8, 4) is 0 Å². The number of aryl methyl sites for hydroxylation is 1. The number of hydrogen-bond donors (Lipinski definition) is 2. The Morgan fingerprint density at radius 2 is 1.89 bits per heavy atom. The van der Waals surface area contributed by atoms with E-state index in [1.807, 2.05) is 24.8 Å². The van der Waals surface area contributed by atoms with Crippen LogP contribution in [0.2, 0.25) is 5.15 Å². The van der Waals surface area contributed by atoms with Gasteiger partial charge < -0.3 is 10.2 Å². The fraction of sp³-hybridized carbons (Fsp3) is 0.414. The Bertz CT molecular complexity index is 1840. The quantitative estimate of drug-likeness (QED) is 0.261. The van der Waals surface area contributed by atoms with Crippen LogP contribution in [0.15, 0.2) is 41.3 Å². The van der Waals surface area contributed by atoms with E-state index >= 15 is 0 Å². The number of carbonyl (C=O) groups is 1. The number of halogens is 4. The van der Waals surface area contributed by atoms with Crippen LogP contribution < -0.4 is 20.5 Å². The maximum atomic E-state index is 13.6. The predicted molar refractivity (Wildman–Crippen MR) is 167 cm³/mol.